The first kappa shape index (κ1) is 12.1. The summed E-state index contributed by atoms with van der Waals surface area (Å²) in [6.45, 7) is 10.0. The van der Waals surface area contributed by atoms with E-state index in [0.717, 1.165) is 6.42 Å². The summed E-state index contributed by atoms with van der Waals surface area (Å²) in [7, 11) is 0. The fourth-order valence-electron chi connectivity index (χ4n) is 1.38. The summed E-state index contributed by atoms with van der Waals surface area (Å²) in [5.74, 6) is 0.399. The fraction of sp³-hybridized carbons (Fsp3) is 1.00. The smallest absolute Gasteiger partial charge is 0.0243 e. The molecule has 2 nitrogen and oxygen atoms in total. The second kappa shape index (κ2) is 4.38. The van der Waals surface area contributed by atoms with E-state index in [-0.39, 0.29) is 10.7 Å². The van der Waals surface area contributed by atoms with E-state index in [1.165, 1.54) is 0 Å². The van der Waals surface area contributed by atoms with Crippen LogP contribution in [-0.2, 0) is 11.1 Å². The van der Waals surface area contributed by atoms with E-state index in [1.807, 2.05) is 13.8 Å². The van der Waals surface area contributed by atoms with Gasteiger partial charge in [0.2, 0.25) is 0 Å². The van der Waals surface area contributed by atoms with Gasteiger partial charge in [0.15, 0.2) is 0 Å². The molecule has 12 heavy (non-hydrogen) atoms. The zero-order valence-electron chi connectivity index (χ0n) is 8.59. The average Bonchev–Trinajstić information content (AvgIpc) is 2.01. The lowest BCUT2D eigenvalue weighted by molar-refractivity contribution is 0.201. The molecule has 0 heterocycles. The van der Waals surface area contributed by atoms with E-state index in [2.05, 4.69) is 13.8 Å². The van der Waals surface area contributed by atoms with Crippen molar-refractivity contribution in [3.8, 4) is 0 Å². The topological polar surface area (TPSA) is 40.1 Å². The van der Waals surface area contributed by atoms with Crippen LogP contribution in [0.15, 0.2) is 0 Å². The lowest BCUT2D eigenvalue weighted by Crippen LogP contribution is -2.37. The van der Waals surface area contributed by atoms with Crippen molar-refractivity contribution in [3.05, 3.63) is 0 Å². The fourth-order valence-corrected chi connectivity index (χ4v) is 2.26. The lowest BCUT2D eigenvalue weighted by Gasteiger charge is -2.39. The first-order valence-corrected chi connectivity index (χ1v) is 5.58. The lowest BCUT2D eigenvalue weighted by atomic mass is 9.74. The Morgan fingerprint density at radius 3 is 1.92 bits per heavy atom. The minimum Gasteiger partial charge on any atom is -0.772 e. The van der Waals surface area contributed by atoms with Gasteiger partial charge in [-0.25, -0.2) is 0 Å². The Morgan fingerprint density at radius 2 is 1.83 bits per heavy atom. The first-order chi connectivity index (χ1) is 5.36. The van der Waals surface area contributed by atoms with Gasteiger partial charge in [-0.15, -0.1) is 0 Å². The number of hydrogen-bond acceptors (Lipinski definition) is 2. The van der Waals surface area contributed by atoms with Gasteiger partial charge in [0.1, 0.15) is 0 Å². The maximum absolute atomic E-state index is 10.8. The summed E-state index contributed by atoms with van der Waals surface area (Å²) in [6.07, 6.45) is 0.903. The first-order valence-electron chi connectivity index (χ1n) is 4.44. The van der Waals surface area contributed by atoms with Gasteiger partial charge < -0.3 is 4.55 Å². The van der Waals surface area contributed by atoms with Gasteiger partial charge >= 0.3 is 0 Å². The molecule has 0 saturated heterocycles. The van der Waals surface area contributed by atoms with E-state index in [9.17, 15) is 8.76 Å². The van der Waals surface area contributed by atoms with Crippen molar-refractivity contribution < 1.29 is 8.76 Å². The molecule has 0 saturated carbocycles. The molecule has 3 unspecified atom stereocenters. The van der Waals surface area contributed by atoms with Crippen LogP contribution in [0.3, 0.4) is 0 Å². The Bertz CT molecular complexity index is 168. The Labute approximate surface area is 78.0 Å². The summed E-state index contributed by atoms with van der Waals surface area (Å²) in [5.41, 5.74) is -0.0907. The van der Waals surface area contributed by atoms with Gasteiger partial charge in [0.25, 0.3) is 0 Å². The Kier molecular flexibility index (Phi) is 4.42. The summed E-state index contributed by atoms with van der Waals surface area (Å²) < 4.78 is 21.6. The Balaban J connectivity index is 4.62. The zero-order valence-corrected chi connectivity index (χ0v) is 9.40. The molecule has 0 aromatic rings. The molecule has 0 amide bonds. The SMILES string of the molecule is CCC(C)(C(C)C)C(C)S(=O)[O-]. The third-order valence-corrected chi connectivity index (χ3v) is 4.41. The molecule has 0 aliphatic carbocycles. The normalized spacial score (nSPS) is 21.9. The summed E-state index contributed by atoms with van der Waals surface area (Å²) >= 11 is -1.95. The molecule has 0 spiro atoms. The number of rotatable bonds is 4. The largest absolute Gasteiger partial charge is 0.772 e. The minimum absolute atomic E-state index is 0.0907. The molecule has 3 atom stereocenters. The van der Waals surface area contributed by atoms with Gasteiger partial charge in [-0.1, -0.05) is 45.7 Å². The van der Waals surface area contributed by atoms with E-state index in [0.29, 0.717) is 5.92 Å². The zero-order chi connectivity index (χ0) is 9.94. The molecular weight excluding hydrogens is 172 g/mol. The van der Waals surface area contributed by atoms with Crippen LogP contribution in [0.5, 0.6) is 0 Å². The average molecular weight is 191 g/mol. The quantitative estimate of drug-likeness (QED) is 0.640. The summed E-state index contributed by atoms with van der Waals surface area (Å²) in [6, 6.07) is 0. The highest BCUT2D eigenvalue weighted by molar-refractivity contribution is 7.79. The molecule has 3 heteroatoms. The predicted octanol–water partition coefficient (Wildman–Crippen LogP) is 2.33. The molecule has 0 fully saturated rings. The van der Waals surface area contributed by atoms with Crippen molar-refractivity contribution >= 4 is 11.1 Å². The molecule has 0 rings (SSSR count). The van der Waals surface area contributed by atoms with Crippen molar-refractivity contribution in [1.29, 1.82) is 0 Å². The van der Waals surface area contributed by atoms with Gasteiger partial charge in [-0.2, -0.15) is 0 Å². The van der Waals surface area contributed by atoms with Crippen molar-refractivity contribution in [2.24, 2.45) is 11.3 Å². The third kappa shape index (κ3) is 2.30. The molecule has 0 aliphatic heterocycles. The van der Waals surface area contributed by atoms with Gasteiger partial charge in [-0.05, 0) is 17.8 Å². The van der Waals surface area contributed by atoms with Gasteiger partial charge in [0.05, 0.1) is 0 Å². The van der Waals surface area contributed by atoms with E-state index >= 15 is 0 Å². The van der Waals surface area contributed by atoms with Crippen molar-refractivity contribution in [2.45, 2.75) is 46.3 Å². The van der Waals surface area contributed by atoms with Crippen LogP contribution in [0.4, 0.5) is 0 Å². The van der Waals surface area contributed by atoms with Crippen LogP contribution in [0, 0.1) is 11.3 Å². The van der Waals surface area contributed by atoms with Crippen LogP contribution >= 0.6 is 0 Å². The van der Waals surface area contributed by atoms with Crippen molar-refractivity contribution in [2.75, 3.05) is 0 Å². The highest BCUT2D eigenvalue weighted by Crippen LogP contribution is 2.36. The molecule has 0 aromatic carbocycles. The predicted molar refractivity (Wildman–Crippen MR) is 51.6 cm³/mol. The van der Waals surface area contributed by atoms with Crippen molar-refractivity contribution in [1.82, 2.24) is 0 Å². The Hall–Kier alpha value is 0.110. The summed E-state index contributed by atoms with van der Waals surface area (Å²) in [5, 5.41) is -0.262. The summed E-state index contributed by atoms with van der Waals surface area (Å²) in [4.78, 5) is 0. The van der Waals surface area contributed by atoms with Gasteiger partial charge in [-0.3, -0.25) is 4.21 Å². The minimum atomic E-state index is -1.95. The van der Waals surface area contributed by atoms with E-state index in [4.69, 9.17) is 0 Å². The molecular formula is C9H19O2S-. The maximum Gasteiger partial charge on any atom is 0.0243 e. The van der Waals surface area contributed by atoms with Crippen LogP contribution in [-0.4, -0.2) is 14.0 Å². The molecule has 0 N–H and O–H groups in total. The second-order valence-electron chi connectivity index (χ2n) is 3.92. The molecule has 0 bridgehead atoms. The van der Waals surface area contributed by atoms with Crippen LogP contribution in [0.1, 0.15) is 41.0 Å². The number of hydrogen-bond donors (Lipinski definition) is 0. The van der Waals surface area contributed by atoms with Crippen LogP contribution < -0.4 is 0 Å². The van der Waals surface area contributed by atoms with Crippen LogP contribution in [0.2, 0.25) is 0 Å². The highest BCUT2D eigenvalue weighted by atomic mass is 32.2. The van der Waals surface area contributed by atoms with E-state index < -0.39 is 11.1 Å². The molecule has 0 aliphatic rings. The highest BCUT2D eigenvalue weighted by Gasteiger charge is 2.33. The monoisotopic (exact) mass is 191 g/mol. The maximum atomic E-state index is 10.8. The molecule has 74 valence electrons. The molecule has 0 aromatic heterocycles. The standard InChI is InChI=1S/C9H20O2S/c1-6-9(5,7(2)3)8(4)12(10)11/h7-8H,6H2,1-5H3,(H,10,11)/p-1. The van der Waals surface area contributed by atoms with Gasteiger partial charge in [0, 0.05) is 5.25 Å². The second-order valence-corrected chi connectivity index (χ2v) is 5.14. The van der Waals surface area contributed by atoms with Crippen LogP contribution in [0.25, 0.3) is 0 Å². The third-order valence-electron chi connectivity index (χ3n) is 3.30. The molecule has 0 radical (unpaired) electrons. The van der Waals surface area contributed by atoms with Crippen molar-refractivity contribution in [3.63, 3.8) is 0 Å². The van der Waals surface area contributed by atoms with E-state index in [1.54, 1.807) is 6.92 Å². The Morgan fingerprint density at radius 1 is 1.42 bits per heavy atom.